The minimum atomic E-state index is -0.179. The van der Waals surface area contributed by atoms with E-state index in [1.165, 1.54) is 0 Å². The summed E-state index contributed by atoms with van der Waals surface area (Å²) < 4.78 is 5.18. The van der Waals surface area contributed by atoms with Gasteiger partial charge in [-0.05, 0) is 36.8 Å². The van der Waals surface area contributed by atoms with Crippen LogP contribution in [0.3, 0.4) is 0 Å². The number of methoxy groups -OCH3 is 1. The van der Waals surface area contributed by atoms with E-state index in [0.717, 1.165) is 22.2 Å². The van der Waals surface area contributed by atoms with Crippen molar-refractivity contribution in [2.24, 2.45) is 0 Å². The van der Waals surface area contributed by atoms with Gasteiger partial charge in [0.2, 0.25) is 0 Å². The van der Waals surface area contributed by atoms with Crippen molar-refractivity contribution in [1.29, 1.82) is 0 Å². The molecule has 2 aromatic carbocycles. The number of fused-ring (bicyclic) bond motifs is 1. The number of carbonyl (C=O) groups excluding carboxylic acids is 1. The van der Waals surface area contributed by atoms with Crippen LogP contribution in [0.25, 0.3) is 10.9 Å². The SMILES string of the molecule is COc1ccc2c(C(=O)Nc3cccc(Cl)c3C)c[nH]c2c1. The molecule has 22 heavy (non-hydrogen) atoms. The Bertz CT molecular complexity index is 855. The van der Waals surface area contributed by atoms with E-state index in [2.05, 4.69) is 10.3 Å². The maximum atomic E-state index is 12.5. The second-order valence-corrected chi connectivity index (χ2v) is 5.39. The number of anilines is 1. The molecule has 1 amide bonds. The Balaban J connectivity index is 1.94. The van der Waals surface area contributed by atoms with E-state index in [1.54, 1.807) is 19.4 Å². The Morgan fingerprint density at radius 3 is 2.86 bits per heavy atom. The van der Waals surface area contributed by atoms with Gasteiger partial charge in [0.25, 0.3) is 5.91 Å². The fraction of sp³-hybridized carbons (Fsp3) is 0.118. The largest absolute Gasteiger partial charge is 0.497 e. The normalized spacial score (nSPS) is 10.7. The number of hydrogen-bond donors (Lipinski definition) is 2. The van der Waals surface area contributed by atoms with Gasteiger partial charge in [0, 0.05) is 33.9 Å². The van der Waals surface area contributed by atoms with Gasteiger partial charge in [0.1, 0.15) is 5.75 Å². The molecule has 112 valence electrons. The van der Waals surface area contributed by atoms with Crippen LogP contribution in [-0.2, 0) is 0 Å². The van der Waals surface area contributed by atoms with Crippen molar-refractivity contribution in [3.8, 4) is 5.75 Å². The van der Waals surface area contributed by atoms with Crippen LogP contribution in [-0.4, -0.2) is 18.0 Å². The van der Waals surface area contributed by atoms with Crippen LogP contribution in [0.15, 0.2) is 42.6 Å². The van der Waals surface area contributed by atoms with Crippen LogP contribution < -0.4 is 10.1 Å². The van der Waals surface area contributed by atoms with Gasteiger partial charge in [0.05, 0.1) is 12.7 Å². The summed E-state index contributed by atoms with van der Waals surface area (Å²) in [6.07, 6.45) is 1.69. The van der Waals surface area contributed by atoms with Crippen molar-refractivity contribution in [2.75, 3.05) is 12.4 Å². The zero-order valence-electron chi connectivity index (χ0n) is 12.2. The first-order valence-electron chi connectivity index (χ1n) is 6.81. The standard InChI is InChI=1S/C17H15ClN2O2/c1-10-14(18)4-3-5-15(10)20-17(21)13-9-19-16-8-11(22-2)6-7-12(13)16/h3-9,19H,1-2H3,(H,20,21). The molecule has 0 bridgehead atoms. The zero-order valence-corrected chi connectivity index (χ0v) is 13.0. The first-order valence-corrected chi connectivity index (χ1v) is 7.19. The van der Waals surface area contributed by atoms with E-state index in [9.17, 15) is 4.79 Å². The highest BCUT2D eigenvalue weighted by Crippen LogP contribution is 2.26. The molecule has 0 aliphatic heterocycles. The van der Waals surface area contributed by atoms with Crippen molar-refractivity contribution in [3.63, 3.8) is 0 Å². The number of nitrogens with one attached hydrogen (secondary N) is 2. The van der Waals surface area contributed by atoms with E-state index in [-0.39, 0.29) is 5.91 Å². The molecule has 0 atom stereocenters. The third kappa shape index (κ3) is 2.53. The maximum absolute atomic E-state index is 12.5. The monoisotopic (exact) mass is 314 g/mol. The number of aromatic amines is 1. The topological polar surface area (TPSA) is 54.1 Å². The van der Waals surface area contributed by atoms with Crippen LogP contribution in [0.2, 0.25) is 5.02 Å². The van der Waals surface area contributed by atoms with Gasteiger partial charge in [-0.3, -0.25) is 4.79 Å². The molecule has 0 aliphatic rings. The highest BCUT2D eigenvalue weighted by molar-refractivity contribution is 6.31. The summed E-state index contributed by atoms with van der Waals surface area (Å²) in [5.74, 6) is 0.564. The number of amides is 1. The van der Waals surface area contributed by atoms with Gasteiger partial charge in [-0.15, -0.1) is 0 Å². The van der Waals surface area contributed by atoms with Crippen LogP contribution in [0, 0.1) is 6.92 Å². The molecule has 0 radical (unpaired) electrons. The second-order valence-electron chi connectivity index (χ2n) is 4.98. The summed E-state index contributed by atoms with van der Waals surface area (Å²) >= 11 is 6.08. The number of aromatic nitrogens is 1. The molecule has 5 heteroatoms. The van der Waals surface area contributed by atoms with Crippen LogP contribution in [0.4, 0.5) is 5.69 Å². The Morgan fingerprint density at radius 1 is 1.27 bits per heavy atom. The van der Waals surface area contributed by atoms with E-state index >= 15 is 0 Å². The minimum absolute atomic E-state index is 0.179. The second kappa shape index (κ2) is 5.73. The van der Waals surface area contributed by atoms with Crippen LogP contribution in [0.1, 0.15) is 15.9 Å². The first kappa shape index (κ1) is 14.5. The molecule has 2 N–H and O–H groups in total. The predicted molar refractivity (Wildman–Crippen MR) is 89.0 cm³/mol. The maximum Gasteiger partial charge on any atom is 0.257 e. The molecule has 3 aromatic rings. The number of benzene rings is 2. The first-order chi connectivity index (χ1) is 10.6. The van der Waals surface area contributed by atoms with E-state index < -0.39 is 0 Å². The van der Waals surface area contributed by atoms with Crippen LogP contribution in [0.5, 0.6) is 5.75 Å². The lowest BCUT2D eigenvalue weighted by molar-refractivity contribution is 0.102. The Kier molecular flexibility index (Phi) is 3.77. The summed E-state index contributed by atoms with van der Waals surface area (Å²) in [6, 6.07) is 11.0. The Hall–Kier alpha value is -2.46. The number of H-pyrrole nitrogens is 1. The molecule has 0 spiro atoms. The summed E-state index contributed by atoms with van der Waals surface area (Å²) in [6.45, 7) is 1.87. The quantitative estimate of drug-likeness (QED) is 0.753. The van der Waals surface area contributed by atoms with Crippen molar-refractivity contribution in [1.82, 2.24) is 4.98 Å². The summed E-state index contributed by atoms with van der Waals surface area (Å²) in [5, 5.41) is 4.37. The third-order valence-corrected chi connectivity index (χ3v) is 4.06. The van der Waals surface area contributed by atoms with Crippen LogP contribution >= 0.6 is 11.6 Å². The molecule has 0 aliphatic carbocycles. The summed E-state index contributed by atoms with van der Waals surface area (Å²) in [5.41, 5.74) is 2.99. The van der Waals surface area contributed by atoms with Gasteiger partial charge >= 0.3 is 0 Å². The predicted octanol–water partition coefficient (Wildman–Crippen LogP) is 4.39. The summed E-state index contributed by atoms with van der Waals surface area (Å²) in [7, 11) is 1.61. The highest BCUT2D eigenvalue weighted by Gasteiger charge is 2.14. The number of ether oxygens (including phenoxy) is 1. The lowest BCUT2D eigenvalue weighted by Crippen LogP contribution is -2.12. The number of rotatable bonds is 3. The molecule has 0 saturated heterocycles. The van der Waals surface area contributed by atoms with E-state index in [4.69, 9.17) is 16.3 Å². The number of carbonyl (C=O) groups is 1. The fourth-order valence-corrected chi connectivity index (χ4v) is 2.53. The molecule has 1 aromatic heterocycles. The smallest absolute Gasteiger partial charge is 0.257 e. The third-order valence-electron chi connectivity index (χ3n) is 3.65. The number of halogens is 1. The molecular weight excluding hydrogens is 300 g/mol. The van der Waals surface area contributed by atoms with Gasteiger partial charge in [0.15, 0.2) is 0 Å². The molecular formula is C17H15ClN2O2. The Labute approximate surface area is 133 Å². The highest BCUT2D eigenvalue weighted by atomic mass is 35.5. The van der Waals surface area contributed by atoms with Crippen molar-refractivity contribution in [2.45, 2.75) is 6.92 Å². The van der Waals surface area contributed by atoms with E-state index in [1.807, 2.05) is 37.3 Å². The molecule has 4 nitrogen and oxygen atoms in total. The van der Waals surface area contributed by atoms with Crippen molar-refractivity contribution >= 4 is 34.1 Å². The van der Waals surface area contributed by atoms with Gasteiger partial charge in [-0.2, -0.15) is 0 Å². The zero-order chi connectivity index (χ0) is 15.7. The van der Waals surface area contributed by atoms with Crippen molar-refractivity contribution in [3.05, 3.63) is 58.7 Å². The molecule has 1 heterocycles. The Morgan fingerprint density at radius 2 is 2.09 bits per heavy atom. The minimum Gasteiger partial charge on any atom is -0.497 e. The number of hydrogen-bond acceptors (Lipinski definition) is 2. The fourth-order valence-electron chi connectivity index (χ4n) is 2.35. The molecule has 0 fully saturated rings. The van der Waals surface area contributed by atoms with Gasteiger partial charge < -0.3 is 15.0 Å². The molecule has 0 saturated carbocycles. The summed E-state index contributed by atoms with van der Waals surface area (Å²) in [4.78, 5) is 15.6. The van der Waals surface area contributed by atoms with E-state index in [0.29, 0.717) is 16.3 Å². The van der Waals surface area contributed by atoms with Crippen molar-refractivity contribution < 1.29 is 9.53 Å². The lowest BCUT2D eigenvalue weighted by atomic mass is 10.1. The average molecular weight is 315 g/mol. The average Bonchev–Trinajstić information content (AvgIpc) is 2.94. The lowest BCUT2D eigenvalue weighted by Gasteiger charge is -2.09. The molecule has 3 rings (SSSR count). The van der Waals surface area contributed by atoms with Gasteiger partial charge in [-0.1, -0.05) is 17.7 Å². The molecule has 0 unspecified atom stereocenters. The van der Waals surface area contributed by atoms with Gasteiger partial charge in [-0.25, -0.2) is 0 Å².